The number of aromatic nitrogens is 2. The van der Waals surface area contributed by atoms with Gasteiger partial charge in [-0.2, -0.15) is 5.26 Å². The van der Waals surface area contributed by atoms with Crippen molar-refractivity contribution in [3.8, 4) is 6.07 Å². The van der Waals surface area contributed by atoms with Crippen LogP contribution in [0.1, 0.15) is 49.9 Å². The molecule has 0 saturated heterocycles. The Morgan fingerprint density at radius 2 is 2.10 bits per heavy atom. The van der Waals surface area contributed by atoms with Crippen molar-refractivity contribution in [1.29, 1.82) is 5.26 Å². The van der Waals surface area contributed by atoms with Gasteiger partial charge in [-0.05, 0) is 55.7 Å². The SMILES string of the molecule is CCCn1c(C2CC3CC3C2)nc2cc(C#N)ccc21. The van der Waals surface area contributed by atoms with Gasteiger partial charge in [0.1, 0.15) is 5.82 Å². The Morgan fingerprint density at radius 1 is 1.30 bits per heavy atom. The van der Waals surface area contributed by atoms with Crippen molar-refractivity contribution in [2.45, 2.75) is 45.1 Å². The molecule has 0 amide bonds. The van der Waals surface area contributed by atoms with Crippen molar-refractivity contribution >= 4 is 11.0 Å². The van der Waals surface area contributed by atoms with Gasteiger partial charge >= 0.3 is 0 Å². The fourth-order valence-corrected chi connectivity index (χ4v) is 3.91. The minimum absolute atomic E-state index is 0.642. The van der Waals surface area contributed by atoms with Crippen LogP contribution in [0.4, 0.5) is 0 Å². The Bertz CT molecular complexity index is 697. The van der Waals surface area contributed by atoms with Crippen molar-refractivity contribution in [1.82, 2.24) is 9.55 Å². The van der Waals surface area contributed by atoms with E-state index in [9.17, 15) is 0 Å². The van der Waals surface area contributed by atoms with E-state index in [-0.39, 0.29) is 0 Å². The van der Waals surface area contributed by atoms with E-state index in [2.05, 4.69) is 23.6 Å². The maximum absolute atomic E-state index is 9.04. The van der Waals surface area contributed by atoms with Gasteiger partial charge in [0.15, 0.2) is 0 Å². The minimum atomic E-state index is 0.642. The highest BCUT2D eigenvalue weighted by atomic mass is 15.1. The molecule has 3 nitrogen and oxygen atoms in total. The molecule has 3 heteroatoms. The molecule has 2 saturated carbocycles. The number of hydrogen-bond donors (Lipinski definition) is 0. The zero-order valence-electron chi connectivity index (χ0n) is 11.8. The summed E-state index contributed by atoms with van der Waals surface area (Å²) in [6, 6.07) is 8.12. The maximum Gasteiger partial charge on any atom is 0.113 e. The monoisotopic (exact) mass is 265 g/mol. The fraction of sp³-hybridized carbons (Fsp3) is 0.529. The molecule has 2 fully saturated rings. The molecule has 2 aliphatic carbocycles. The second-order valence-electron chi connectivity index (χ2n) is 6.36. The van der Waals surface area contributed by atoms with Crippen LogP contribution >= 0.6 is 0 Å². The average Bonchev–Trinajstić information content (AvgIpc) is 2.93. The van der Waals surface area contributed by atoms with Gasteiger partial charge in [-0.25, -0.2) is 4.98 Å². The number of aryl methyl sites for hydroxylation is 1. The molecular weight excluding hydrogens is 246 g/mol. The molecule has 1 aromatic heterocycles. The first-order valence-electron chi connectivity index (χ1n) is 7.70. The van der Waals surface area contributed by atoms with E-state index in [1.54, 1.807) is 0 Å². The number of imidazole rings is 1. The topological polar surface area (TPSA) is 41.6 Å². The van der Waals surface area contributed by atoms with Gasteiger partial charge in [0, 0.05) is 12.5 Å². The minimum Gasteiger partial charge on any atom is -0.328 e. The highest BCUT2D eigenvalue weighted by molar-refractivity contribution is 5.78. The summed E-state index contributed by atoms with van der Waals surface area (Å²) in [6.45, 7) is 3.24. The van der Waals surface area contributed by atoms with Crippen LogP contribution in [0.2, 0.25) is 0 Å². The molecular formula is C17H19N3. The van der Waals surface area contributed by atoms with Crippen LogP contribution < -0.4 is 0 Å². The van der Waals surface area contributed by atoms with Crippen molar-refractivity contribution in [2.24, 2.45) is 11.8 Å². The lowest BCUT2D eigenvalue weighted by molar-refractivity contribution is 0.543. The third-order valence-corrected chi connectivity index (χ3v) is 4.96. The first-order valence-corrected chi connectivity index (χ1v) is 7.70. The predicted octanol–water partition coefficient (Wildman–Crippen LogP) is 3.83. The Balaban J connectivity index is 1.81. The standard InChI is InChI=1S/C17H19N3/c1-2-5-20-16-4-3-11(10-18)6-15(16)19-17(20)14-8-12-7-13(12)9-14/h3-4,6,12-14H,2,5,7-9H2,1H3. The fourth-order valence-electron chi connectivity index (χ4n) is 3.91. The van der Waals surface area contributed by atoms with E-state index in [1.165, 1.54) is 30.6 Å². The summed E-state index contributed by atoms with van der Waals surface area (Å²) in [6.07, 6.45) is 5.22. The molecule has 1 aromatic carbocycles. The first kappa shape index (κ1) is 12.0. The van der Waals surface area contributed by atoms with E-state index in [0.29, 0.717) is 11.5 Å². The smallest absolute Gasteiger partial charge is 0.113 e. The van der Waals surface area contributed by atoms with Crippen LogP contribution in [0, 0.1) is 23.2 Å². The molecule has 2 unspecified atom stereocenters. The Labute approximate surface area is 119 Å². The van der Waals surface area contributed by atoms with E-state index in [4.69, 9.17) is 10.2 Å². The largest absolute Gasteiger partial charge is 0.328 e. The van der Waals surface area contributed by atoms with Gasteiger partial charge in [0.2, 0.25) is 0 Å². The van der Waals surface area contributed by atoms with Crippen LogP contribution in [0.3, 0.4) is 0 Å². The normalized spacial score (nSPS) is 27.5. The lowest BCUT2D eigenvalue weighted by Gasteiger charge is -2.14. The molecule has 20 heavy (non-hydrogen) atoms. The zero-order chi connectivity index (χ0) is 13.7. The molecule has 1 heterocycles. The first-order chi connectivity index (χ1) is 9.80. The Morgan fingerprint density at radius 3 is 2.80 bits per heavy atom. The molecule has 2 atom stereocenters. The number of hydrogen-bond acceptors (Lipinski definition) is 2. The molecule has 4 rings (SSSR count). The maximum atomic E-state index is 9.04. The molecule has 0 bridgehead atoms. The Hall–Kier alpha value is -1.82. The van der Waals surface area contributed by atoms with Gasteiger partial charge in [0.05, 0.1) is 22.7 Å². The van der Waals surface area contributed by atoms with E-state index < -0.39 is 0 Å². The summed E-state index contributed by atoms with van der Waals surface area (Å²) >= 11 is 0. The van der Waals surface area contributed by atoms with E-state index in [0.717, 1.165) is 30.3 Å². The number of nitriles is 1. The van der Waals surface area contributed by atoms with Crippen molar-refractivity contribution in [2.75, 3.05) is 0 Å². The summed E-state index contributed by atoms with van der Waals surface area (Å²) in [5.74, 6) is 3.86. The zero-order valence-corrected chi connectivity index (χ0v) is 11.8. The summed E-state index contributed by atoms with van der Waals surface area (Å²) in [4.78, 5) is 4.89. The molecule has 102 valence electrons. The molecule has 2 aromatic rings. The quantitative estimate of drug-likeness (QED) is 0.846. The van der Waals surface area contributed by atoms with Gasteiger partial charge in [-0.15, -0.1) is 0 Å². The third-order valence-electron chi connectivity index (χ3n) is 4.96. The second kappa shape index (κ2) is 4.34. The van der Waals surface area contributed by atoms with Crippen LogP contribution in [0.15, 0.2) is 18.2 Å². The van der Waals surface area contributed by atoms with Crippen LogP contribution in [-0.2, 0) is 6.54 Å². The second-order valence-corrected chi connectivity index (χ2v) is 6.36. The van der Waals surface area contributed by atoms with Crippen LogP contribution in [0.25, 0.3) is 11.0 Å². The van der Waals surface area contributed by atoms with E-state index in [1.807, 2.05) is 12.1 Å². The van der Waals surface area contributed by atoms with Gasteiger partial charge in [-0.3, -0.25) is 0 Å². The van der Waals surface area contributed by atoms with Crippen LogP contribution in [-0.4, -0.2) is 9.55 Å². The highest BCUT2D eigenvalue weighted by Crippen LogP contribution is 2.57. The number of fused-ring (bicyclic) bond motifs is 2. The molecule has 0 N–H and O–H groups in total. The molecule has 0 radical (unpaired) electrons. The van der Waals surface area contributed by atoms with E-state index >= 15 is 0 Å². The molecule has 2 aliphatic rings. The third kappa shape index (κ3) is 1.75. The van der Waals surface area contributed by atoms with Crippen LogP contribution in [0.5, 0.6) is 0 Å². The molecule has 0 spiro atoms. The lowest BCUT2D eigenvalue weighted by Crippen LogP contribution is -2.08. The summed E-state index contributed by atoms with van der Waals surface area (Å²) in [7, 11) is 0. The summed E-state index contributed by atoms with van der Waals surface area (Å²) in [5.41, 5.74) is 2.90. The lowest BCUT2D eigenvalue weighted by atomic mass is 10.0. The highest BCUT2D eigenvalue weighted by Gasteiger charge is 2.47. The average molecular weight is 265 g/mol. The van der Waals surface area contributed by atoms with Gasteiger partial charge in [0.25, 0.3) is 0 Å². The number of rotatable bonds is 3. The summed E-state index contributed by atoms with van der Waals surface area (Å²) < 4.78 is 2.39. The molecule has 0 aliphatic heterocycles. The van der Waals surface area contributed by atoms with Crippen molar-refractivity contribution in [3.05, 3.63) is 29.6 Å². The van der Waals surface area contributed by atoms with Gasteiger partial charge in [-0.1, -0.05) is 6.92 Å². The van der Waals surface area contributed by atoms with Crippen molar-refractivity contribution < 1.29 is 0 Å². The number of benzene rings is 1. The summed E-state index contributed by atoms with van der Waals surface area (Å²) in [5, 5.41) is 9.04. The van der Waals surface area contributed by atoms with Crippen molar-refractivity contribution in [3.63, 3.8) is 0 Å². The predicted molar refractivity (Wildman–Crippen MR) is 78.3 cm³/mol. The van der Waals surface area contributed by atoms with Gasteiger partial charge < -0.3 is 4.57 Å². The number of nitrogens with zero attached hydrogens (tertiary/aromatic N) is 3. The Kier molecular flexibility index (Phi) is 2.60.